The van der Waals surface area contributed by atoms with E-state index in [2.05, 4.69) is 0 Å². The number of hydrogen-bond donors (Lipinski definition) is 0. The SMILES string of the molecule is C[C@@]12C=CC(=O)O[C@@H]1CC(=O)C2. The number of hydrogen-bond acceptors (Lipinski definition) is 3. The molecule has 12 heavy (non-hydrogen) atoms. The Morgan fingerprint density at radius 3 is 3.08 bits per heavy atom. The summed E-state index contributed by atoms with van der Waals surface area (Å²) in [4.78, 5) is 21.9. The average molecular weight is 166 g/mol. The minimum atomic E-state index is -0.327. The van der Waals surface area contributed by atoms with Crippen molar-refractivity contribution in [1.82, 2.24) is 0 Å². The molecule has 2 atom stereocenters. The summed E-state index contributed by atoms with van der Waals surface area (Å²) in [5.41, 5.74) is -0.231. The van der Waals surface area contributed by atoms with E-state index >= 15 is 0 Å². The van der Waals surface area contributed by atoms with Crippen molar-refractivity contribution in [3.8, 4) is 0 Å². The van der Waals surface area contributed by atoms with Crippen LogP contribution in [-0.2, 0) is 14.3 Å². The largest absolute Gasteiger partial charge is 0.458 e. The normalized spacial score (nSPS) is 39.6. The molecule has 0 amide bonds. The van der Waals surface area contributed by atoms with Crippen LogP contribution in [0.4, 0.5) is 0 Å². The molecule has 0 radical (unpaired) electrons. The molecule has 2 rings (SSSR count). The molecule has 0 spiro atoms. The predicted molar refractivity (Wildman–Crippen MR) is 41.4 cm³/mol. The number of ether oxygens (including phenoxy) is 1. The second kappa shape index (κ2) is 2.19. The maximum Gasteiger partial charge on any atom is 0.330 e. The number of rotatable bonds is 0. The van der Waals surface area contributed by atoms with Gasteiger partial charge in [-0.15, -0.1) is 0 Å². The van der Waals surface area contributed by atoms with Gasteiger partial charge in [-0.1, -0.05) is 13.0 Å². The molecule has 1 aliphatic heterocycles. The molecule has 0 saturated heterocycles. The Bertz CT molecular complexity index is 279. The van der Waals surface area contributed by atoms with Crippen LogP contribution in [0.5, 0.6) is 0 Å². The van der Waals surface area contributed by atoms with Crippen LogP contribution in [0.15, 0.2) is 12.2 Å². The third-order valence-electron chi connectivity index (χ3n) is 2.59. The van der Waals surface area contributed by atoms with Crippen LogP contribution in [0, 0.1) is 5.41 Å². The highest BCUT2D eigenvalue weighted by molar-refractivity contribution is 5.88. The van der Waals surface area contributed by atoms with E-state index in [1.54, 1.807) is 6.08 Å². The summed E-state index contributed by atoms with van der Waals surface area (Å²) < 4.78 is 5.04. The van der Waals surface area contributed by atoms with E-state index in [-0.39, 0.29) is 23.3 Å². The number of carbonyl (C=O) groups excluding carboxylic acids is 2. The van der Waals surface area contributed by atoms with E-state index in [1.807, 2.05) is 6.92 Å². The number of ketones is 1. The number of fused-ring (bicyclic) bond motifs is 1. The smallest absolute Gasteiger partial charge is 0.330 e. The van der Waals surface area contributed by atoms with E-state index < -0.39 is 0 Å². The first kappa shape index (κ1) is 7.53. The van der Waals surface area contributed by atoms with Gasteiger partial charge in [-0.3, -0.25) is 4.79 Å². The number of esters is 1. The third kappa shape index (κ3) is 0.967. The molecule has 1 heterocycles. The fourth-order valence-electron chi connectivity index (χ4n) is 1.83. The third-order valence-corrected chi connectivity index (χ3v) is 2.59. The molecule has 0 aromatic heterocycles. The second-order valence-corrected chi connectivity index (χ2v) is 3.68. The molecule has 0 unspecified atom stereocenters. The zero-order valence-corrected chi connectivity index (χ0v) is 6.87. The number of carbonyl (C=O) groups is 2. The van der Waals surface area contributed by atoms with Crippen molar-refractivity contribution in [2.24, 2.45) is 5.41 Å². The van der Waals surface area contributed by atoms with Gasteiger partial charge < -0.3 is 4.74 Å². The highest BCUT2D eigenvalue weighted by Gasteiger charge is 2.45. The van der Waals surface area contributed by atoms with Gasteiger partial charge in [0.15, 0.2) is 0 Å². The first-order valence-electron chi connectivity index (χ1n) is 4.02. The maximum absolute atomic E-state index is 11.1. The molecule has 1 aliphatic carbocycles. The van der Waals surface area contributed by atoms with Crippen LogP contribution in [0.25, 0.3) is 0 Å². The number of Topliss-reactive ketones (excluding diaryl/α,β-unsaturated/α-hetero) is 1. The van der Waals surface area contributed by atoms with Crippen molar-refractivity contribution in [2.75, 3.05) is 0 Å². The highest BCUT2D eigenvalue weighted by atomic mass is 16.5. The van der Waals surface area contributed by atoms with Crippen LogP contribution in [0.2, 0.25) is 0 Å². The monoisotopic (exact) mass is 166 g/mol. The van der Waals surface area contributed by atoms with Crippen LogP contribution in [-0.4, -0.2) is 17.9 Å². The van der Waals surface area contributed by atoms with Crippen LogP contribution >= 0.6 is 0 Å². The van der Waals surface area contributed by atoms with E-state index in [1.165, 1.54) is 6.08 Å². The van der Waals surface area contributed by atoms with E-state index in [0.29, 0.717) is 12.8 Å². The molecule has 0 aromatic rings. The topological polar surface area (TPSA) is 43.4 Å². The van der Waals surface area contributed by atoms with Gasteiger partial charge in [-0.2, -0.15) is 0 Å². The van der Waals surface area contributed by atoms with Crippen LogP contribution in [0.3, 0.4) is 0 Å². The molecule has 3 heteroatoms. The molecule has 1 fully saturated rings. The van der Waals surface area contributed by atoms with Gasteiger partial charge in [-0.05, 0) is 0 Å². The first-order valence-corrected chi connectivity index (χ1v) is 4.02. The average Bonchev–Trinajstić information content (AvgIpc) is 2.24. The summed E-state index contributed by atoms with van der Waals surface area (Å²) >= 11 is 0. The maximum atomic E-state index is 11.1. The van der Waals surface area contributed by atoms with E-state index in [0.717, 1.165) is 0 Å². The lowest BCUT2D eigenvalue weighted by atomic mass is 9.85. The van der Waals surface area contributed by atoms with Gasteiger partial charge in [0.2, 0.25) is 0 Å². The zero-order valence-electron chi connectivity index (χ0n) is 6.87. The molecule has 0 bridgehead atoms. The molecular weight excluding hydrogens is 156 g/mol. The molecule has 3 nitrogen and oxygen atoms in total. The molecule has 2 aliphatic rings. The summed E-state index contributed by atoms with van der Waals surface area (Å²) in [7, 11) is 0. The summed E-state index contributed by atoms with van der Waals surface area (Å²) in [6, 6.07) is 0. The van der Waals surface area contributed by atoms with Gasteiger partial charge in [0, 0.05) is 24.3 Å². The minimum absolute atomic E-state index is 0.182. The molecule has 0 aromatic carbocycles. The molecular formula is C9H10O3. The van der Waals surface area contributed by atoms with Crippen molar-refractivity contribution in [1.29, 1.82) is 0 Å². The van der Waals surface area contributed by atoms with Crippen molar-refractivity contribution in [2.45, 2.75) is 25.9 Å². The van der Waals surface area contributed by atoms with Crippen LogP contribution < -0.4 is 0 Å². The van der Waals surface area contributed by atoms with Gasteiger partial charge in [0.25, 0.3) is 0 Å². The Balaban J connectivity index is 2.32. The molecule has 0 N–H and O–H groups in total. The van der Waals surface area contributed by atoms with Gasteiger partial charge in [-0.25, -0.2) is 4.79 Å². The fraction of sp³-hybridized carbons (Fsp3) is 0.556. The summed E-state index contributed by atoms with van der Waals surface area (Å²) in [5, 5.41) is 0. The van der Waals surface area contributed by atoms with Gasteiger partial charge >= 0.3 is 5.97 Å². The standard InChI is InChI=1S/C9H10O3/c1-9-3-2-8(11)12-7(9)4-6(10)5-9/h2-3,7H,4-5H2,1H3/t7-,9+/m1/s1. The van der Waals surface area contributed by atoms with Crippen molar-refractivity contribution >= 4 is 11.8 Å². The quantitative estimate of drug-likeness (QED) is 0.501. The lowest BCUT2D eigenvalue weighted by Crippen LogP contribution is -2.32. The predicted octanol–water partition coefficient (Wildman–Crippen LogP) is 0.837. The van der Waals surface area contributed by atoms with E-state index in [9.17, 15) is 9.59 Å². The fourth-order valence-corrected chi connectivity index (χ4v) is 1.83. The summed E-state index contributed by atoms with van der Waals surface area (Å²) in [6.45, 7) is 1.95. The van der Waals surface area contributed by atoms with Gasteiger partial charge in [0.1, 0.15) is 11.9 Å². The zero-order chi connectivity index (χ0) is 8.77. The van der Waals surface area contributed by atoms with Crippen molar-refractivity contribution in [3.63, 3.8) is 0 Å². The van der Waals surface area contributed by atoms with Crippen molar-refractivity contribution in [3.05, 3.63) is 12.2 Å². The van der Waals surface area contributed by atoms with E-state index in [4.69, 9.17) is 4.74 Å². The lowest BCUT2D eigenvalue weighted by molar-refractivity contribution is -0.148. The second-order valence-electron chi connectivity index (χ2n) is 3.68. The molecule has 64 valence electrons. The van der Waals surface area contributed by atoms with Crippen molar-refractivity contribution < 1.29 is 14.3 Å². The lowest BCUT2D eigenvalue weighted by Gasteiger charge is -2.29. The minimum Gasteiger partial charge on any atom is -0.458 e. The van der Waals surface area contributed by atoms with Gasteiger partial charge in [0.05, 0.1) is 0 Å². The Hall–Kier alpha value is -1.12. The molecule has 1 saturated carbocycles. The summed E-state index contributed by atoms with van der Waals surface area (Å²) in [5.74, 6) is -0.144. The highest BCUT2D eigenvalue weighted by Crippen LogP contribution is 2.41. The Kier molecular flexibility index (Phi) is 1.37. The first-order chi connectivity index (χ1) is 5.60. The Morgan fingerprint density at radius 2 is 2.33 bits per heavy atom. The Morgan fingerprint density at radius 1 is 1.58 bits per heavy atom. The Labute approximate surface area is 70.4 Å². The van der Waals surface area contributed by atoms with Crippen LogP contribution in [0.1, 0.15) is 19.8 Å². The summed E-state index contributed by atoms with van der Waals surface area (Å²) in [6.07, 6.45) is 3.87.